The van der Waals surface area contributed by atoms with Gasteiger partial charge in [-0.3, -0.25) is 19.9 Å². The predicted molar refractivity (Wildman–Crippen MR) is 122 cm³/mol. The van der Waals surface area contributed by atoms with E-state index in [-0.39, 0.29) is 48.5 Å². The monoisotopic (exact) mass is 455 g/mol. The molecule has 1 aliphatic heterocycles. The number of halogens is 2. The van der Waals surface area contributed by atoms with E-state index in [1.165, 1.54) is 6.07 Å². The summed E-state index contributed by atoms with van der Waals surface area (Å²) in [5, 5.41) is 17.9. The van der Waals surface area contributed by atoms with Crippen LogP contribution in [0.3, 0.4) is 0 Å². The van der Waals surface area contributed by atoms with E-state index in [1.807, 2.05) is 32.2 Å². The number of carbonyl (C=O) groups is 1. The lowest BCUT2D eigenvalue weighted by molar-refractivity contribution is -0.384. The average Bonchev–Trinajstić information content (AvgIpc) is 2.74. The summed E-state index contributed by atoms with van der Waals surface area (Å²) in [5.74, 6) is -0.174. The first-order valence-corrected chi connectivity index (χ1v) is 9.42. The quantitative estimate of drug-likeness (QED) is 0.506. The van der Waals surface area contributed by atoms with Gasteiger partial charge in [0.05, 0.1) is 16.7 Å². The van der Waals surface area contributed by atoms with Gasteiger partial charge in [0.15, 0.2) is 0 Å². The second-order valence-electron chi connectivity index (χ2n) is 6.99. The van der Waals surface area contributed by atoms with Crippen molar-refractivity contribution in [1.29, 1.82) is 0 Å². The molecule has 2 heterocycles. The highest BCUT2D eigenvalue weighted by atomic mass is 35.5. The number of aromatic nitrogens is 1. The Balaban J connectivity index is 0.00000225. The molecule has 2 N–H and O–H groups in total. The van der Waals surface area contributed by atoms with Crippen molar-refractivity contribution in [2.45, 2.75) is 31.8 Å². The van der Waals surface area contributed by atoms with Gasteiger partial charge >= 0.3 is 0 Å². The van der Waals surface area contributed by atoms with Gasteiger partial charge in [0, 0.05) is 37.0 Å². The van der Waals surface area contributed by atoms with E-state index in [4.69, 9.17) is 0 Å². The summed E-state index contributed by atoms with van der Waals surface area (Å²) in [5.41, 5.74) is 1.37. The Morgan fingerprint density at radius 3 is 2.70 bits per heavy atom. The maximum Gasteiger partial charge on any atom is 0.293 e. The van der Waals surface area contributed by atoms with Crippen molar-refractivity contribution >= 4 is 42.1 Å². The molecule has 2 aromatic rings. The Hall–Kier alpha value is -2.42. The third-order valence-corrected chi connectivity index (χ3v) is 5.06. The second-order valence-corrected chi connectivity index (χ2v) is 6.99. The highest BCUT2D eigenvalue weighted by Crippen LogP contribution is 2.29. The second kappa shape index (κ2) is 11.7. The van der Waals surface area contributed by atoms with Crippen LogP contribution >= 0.6 is 24.8 Å². The molecule has 1 amide bonds. The number of carbonyl (C=O) groups excluding carboxylic acids is 1. The number of amides is 1. The first-order chi connectivity index (χ1) is 13.5. The van der Waals surface area contributed by atoms with Crippen molar-refractivity contribution < 1.29 is 9.72 Å². The number of likely N-dealkylation sites (N-methyl/N-ethyl adjacent to an activating group) is 1. The minimum atomic E-state index is -0.461. The van der Waals surface area contributed by atoms with Crippen molar-refractivity contribution in [1.82, 2.24) is 15.2 Å². The Morgan fingerprint density at radius 2 is 2.07 bits per heavy atom. The number of nitrogens with zero attached hydrogens (tertiary/aromatic N) is 3. The predicted octanol–water partition coefficient (Wildman–Crippen LogP) is 3.83. The van der Waals surface area contributed by atoms with Crippen LogP contribution in [0.15, 0.2) is 42.6 Å². The molecule has 1 saturated heterocycles. The molecule has 0 spiro atoms. The normalized spacial score (nSPS) is 16.6. The van der Waals surface area contributed by atoms with Crippen molar-refractivity contribution in [3.8, 4) is 0 Å². The van der Waals surface area contributed by atoms with Gasteiger partial charge in [-0.25, -0.2) is 0 Å². The molecule has 3 rings (SSSR count). The standard InChI is InChI=1S/C20H25N5O3.2ClH/c1-14(17-7-3-4-10-22-17)23-18-9-8-15(12-19(18)25(27)28)20(26)24-11-5-6-16(13-24)21-2;;/h3-4,7-10,12,14,16,21,23H,5-6,11,13H2,1-2H3;2*1H. The molecule has 8 nitrogen and oxygen atoms in total. The fourth-order valence-electron chi connectivity index (χ4n) is 3.46. The Kier molecular flexibility index (Phi) is 9.98. The Labute approximate surface area is 188 Å². The van der Waals surface area contributed by atoms with Crippen LogP contribution in [0, 0.1) is 10.1 Å². The average molecular weight is 456 g/mol. The van der Waals surface area contributed by atoms with E-state index in [1.54, 1.807) is 23.2 Å². The fourth-order valence-corrected chi connectivity index (χ4v) is 3.46. The number of likely N-dealkylation sites (tertiary alicyclic amines) is 1. The molecule has 2 atom stereocenters. The number of nitro groups is 1. The molecule has 2 unspecified atom stereocenters. The van der Waals surface area contributed by atoms with Gasteiger partial charge in [-0.2, -0.15) is 0 Å². The first kappa shape index (κ1) is 25.6. The largest absolute Gasteiger partial charge is 0.371 e. The summed E-state index contributed by atoms with van der Waals surface area (Å²) in [6.07, 6.45) is 3.62. The molecule has 1 aromatic carbocycles. The zero-order valence-corrected chi connectivity index (χ0v) is 18.5. The molecular formula is C20H27Cl2N5O3. The highest BCUT2D eigenvalue weighted by molar-refractivity contribution is 5.96. The van der Waals surface area contributed by atoms with Gasteiger partial charge in [0.25, 0.3) is 11.6 Å². The van der Waals surface area contributed by atoms with E-state index in [0.717, 1.165) is 18.5 Å². The van der Waals surface area contributed by atoms with Gasteiger partial charge < -0.3 is 15.5 Å². The Morgan fingerprint density at radius 1 is 1.30 bits per heavy atom. The van der Waals surface area contributed by atoms with E-state index in [9.17, 15) is 14.9 Å². The molecular weight excluding hydrogens is 429 g/mol. The molecule has 0 aliphatic carbocycles. The minimum absolute atomic E-state index is 0. The van der Waals surface area contributed by atoms with Gasteiger partial charge in [-0.1, -0.05) is 6.07 Å². The summed E-state index contributed by atoms with van der Waals surface area (Å²) < 4.78 is 0. The van der Waals surface area contributed by atoms with Crippen LogP contribution in [-0.2, 0) is 0 Å². The maximum absolute atomic E-state index is 12.8. The molecule has 0 bridgehead atoms. The van der Waals surface area contributed by atoms with E-state index in [2.05, 4.69) is 15.6 Å². The van der Waals surface area contributed by atoms with Crippen LogP contribution in [-0.4, -0.2) is 46.9 Å². The number of hydrogen-bond acceptors (Lipinski definition) is 6. The van der Waals surface area contributed by atoms with Gasteiger partial charge in [0.1, 0.15) is 5.69 Å². The summed E-state index contributed by atoms with van der Waals surface area (Å²) in [7, 11) is 1.88. The molecule has 1 aliphatic rings. The third kappa shape index (κ3) is 6.04. The van der Waals surface area contributed by atoms with Crippen LogP contribution in [0.4, 0.5) is 11.4 Å². The fraction of sp³-hybridized carbons (Fsp3) is 0.400. The molecule has 164 valence electrons. The SMILES string of the molecule is CNC1CCCN(C(=O)c2ccc(NC(C)c3ccccn3)c([N+](=O)[O-])c2)C1.Cl.Cl. The summed E-state index contributed by atoms with van der Waals surface area (Å²) in [4.78, 5) is 30.0. The Bertz CT molecular complexity index is 854. The van der Waals surface area contributed by atoms with Gasteiger partial charge in [0.2, 0.25) is 0 Å². The van der Waals surface area contributed by atoms with Crippen molar-refractivity contribution in [2.75, 3.05) is 25.5 Å². The number of rotatable bonds is 6. The van der Waals surface area contributed by atoms with Crippen LogP contribution in [0.1, 0.15) is 41.9 Å². The summed E-state index contributed by atoms with van der Waals surface area (Å²) >= 11 is 0. The van der Waals surface area contributed by atoms with E-state index in [0.29, 0.717) is 24.3 Å². The number of nitro benzene ring substituents is 1. The van der Waals surface area contributed by atoms with Crippen LogP contribution in [0.5, 0.6) is 0 Å². The number of nitrogens with one attached hydrogen (secondary N) is 2. The van der Waals surface area contributed by atoms with Crippen molar-refractivity contribution in [3.63, 3.8) is 0 Å². The lowest BCUT2D eigenvalue weighted by Gasteiger charge is -2.32. The topological polar surface area (TPSA) is 100 Å². The van der Waals surface area contributed by atoms with E-state index >= 15 is 0 Å². The number of anilines is 1. The van der Waals surface area contributed by atoms with Crippen LogP contribution < -0.4 is 10.6 Å². The lowest BCUT2D eigenvalue weighted by atomic mass is 10.0. The molecule has 0 radical (unpaired) electrons. The summed E-state index contributed by atoms with van der Waals surface area (Å²) in [6.45, 7) is 3.16. The number of pyridine rings is 1. The number of hydrogen-bond donors (Lipinski definition) is 2. The molecule has 1 fully saturated rings. The highest BCUT2D eigenvalue weighted by Gasteiger charge is 2.26. The smallest absolute Gasteiger partial charge is 0.293 e. The number of benzene rings is 1. The van der Waals surface area contributed by atoms with Crippen molar-refractivity contribution in [3.05, 3.63) is 64.0 Å². The van der Waals surface area contributed by atoms with Crippen LogP contribution in [0.2, 0.25) is 0 Å². The molecule has 10 heteroatoms. The number of piperidine rings is 1. The molecule has 1 aromatic heterocycles. The first-order valence-electron chi connectivity index (χ1n) is 9.42. The summed E-state index contributed by atoms with van der Waals surface area (Å²) in [6, 6.07) is 10.2. The molecule has 30 heavy (non-hydrogen) atoms. The van der Waals surface area contributed by atoms with E-state index < -0.39 is 4.92 Å². The zero-order chi connectivity index (χ0) is 20.1. The van der Waals surface area contributed by atoms with Crippen molar-refractivity contribution in [2.24, 2.45) is 0 Å². The van der Waals surface area contributed by atoms with Crippen LogP contribution in [0.25, 0.3) is 0 Å². The zero-order valence-electron chi connectivity index (χ0n) is 16.9. The molecule has 0 saturated carbocycles. The van der Waals surface area contributed by atoms with Gasteiger partial charge in [-0.05, 0) is 51.1 Å². The minimum Gasteiger partial charge on any atom is -0.371 e. The maximum atomic E-state index is 12.8. The third-order valence-electron chi connectivity index (χ3n) is 5.06. The van der Waals surface area contributed by atoms with Gasteiger partial charge in [-0.15, -0.1) is 24.8 Å². The lowest BCUT2D eigenvalue weighted by Crippen LogP contribution is -2.46.